The first-order valence-corrected chi connectivity index (χ1v) is 12.6. The van der Waals surface area contributed by atoms with E-state index in [1.807, 2.05) is 37.3 Å². The fourth-order valence-electron chi connectivity index (χ4n) is 4.17. The van der Waals surface area contributed by atoms with Crippen LogP contribution in [0.3, 0.4) is 0 Å². The van der Waals surface area contributed by atoms with Gasteiger partial charge in [-0.15, -0.1) is 16.4 Å². The lowest BCUT2D eigenvalue weighted by Gasteiger charge is -2.30. The molecule has 0 radical (unpaired) electrons. The van der Waals surface area contributed by atoms with Crippen LogP contribution in [0.5, 0.6) is 5.75 Å². The number of aryl methyl sites for hydroxylation is 1. The van der Waals surface area contributed by atoms with Gasteiger partial charge in [0.1, 0.15) is 11.3 Å². The van der Waals surface area contributed by atoms with Crippen molar-refractivity contribution in [1.82, 2.24) is 15.0 Å². The minimum absolute atomic E-state index is 0.117. The fourth-order valence-corrected chi connectivity index (χ4v) is 5.74. The van der Waals surface area contributed by atoms with Gasteiger partial charge in [0.15, 0.2) is 5.82 Å². The van der Waals surface area contributed by atoms with E-state index in [1.54, 1.807) is 37.8 Å². The molecular weight excluding hydrogens is 505 g/mol. The van der Waals surface area contributed by atoms with Crippen molar-refractivity contribution in [1.29, 1.82) is 0 Å². The van der Waals surface area contributed by atoms with Crippen LogP contribution in [0.15, 0.2) is 42.5 Å². The number of fused-ring (bicyclic) bond motifs is 1. The third kappa shape index (κ3) is 4.96. The van der Waals surface area contributed by atoms with Crippen molar-refractivity contribution in [3.63, 3.8) is 0 Å². The second kappa shape index (κ2) is 10.5. The molecule has 0 unspecified atom stereocenters. The first-order chi connectivity index (χ1) is 17.2. The lowest BCUT2D eigenvalue weighted by Crippen LogP contribution is -2.32. The van der Waals surface area contributed by atoms with Crippen LogP contribution in [0.25, 0.3) is 11.0 Å². The summed E-state index contributed by atoms with van der Waals surface area (Å²) in [6.45, 7) is 6.20. The Kier molecular flexibility index (Phi) is 7.63. The second-order valence-corrected chi connectivity index (χ2v) is 10.7. The number of thiophene rings is 1. The van der Waals surface area contributed by atoms with Gasteiger partial charge in [-0.1, -0.05) is 35.0 Å². The van der Waals surface area contributed by atoms with E-state index in [0.717, 1.165) is 16.9 Å². The molecule has 190 valence electrons. The van der Waals surface area contributed by atoms with Gasteiger partial charge in [-0.25, -0.2) is 9.07 Å². The van der Waals surface area contributed by atoms with Gasteiger partial charge in [-0.2, -0.15) is 0 Å². The molecule has 0 aliphatic carbocycles. The summed E-state index contributed by atoms with van der Waals surface area (Å²) in [5.74, 6) is -1.66. The van der Waals surface area contributed by atoms with Crippen LogP contribution in [-0.2, 0) is 29.3 Å². The molecule has 2 heterocycles. The number of benzene rings is 2. The summed E-state index contributed by atoms with van der Waals surface area (Å²) < 4.78 is 28.8. The highest BCUT2D eigenvalue weighted by molar-refractivity contribution is 7.16. The molecular formula is C26H27ClFN3O4S. The van der Waals surface area contributed by atoms with E-state index < -0.39 is 23.1 Å². The molecule has 0 spiro atoms. The van der Waals surface area contributed by atoms with Crippen molar-refractivity contribution >= 4 is 39.9 Å². The molecule has 1 atom stereocenters. The second-order valence-electron chi connectivity index (χ2n) is 8.99. The number of halogens is 2. The number of methoxy groups -OCH3 is 1. The van der Waals surface area contributed by atoms with Crippen LogP contribution < -0.4 is 4.74 Å². The Morgan fingerprint density at radius 2 is 1.94 bits per heavy atom. The van der Waals surface area contributed by atoms with Crippen molar-refractivity contribution in [2.45, 2.75) is 46.4 Å². The van der Waals surface area contributed by atoms with Crippen LogP contribution in [0, 0.1) is 11.2 Å². The van der Waals surface area contributed by atoms with E-state index in [9.17, 15) is 9.90 Å². The number of aliphatic carboxylic acids is 1. The van der Waals surface area contributed by atoms with E-state index >= 15 is 4.39 Å². The quantitative estimate of drug-likeness (QED) is 0.259. The largest absolute Gasteiger partial charge is 0.497 e. The lowest BCUT2D eigenvalue weighted by atomic mass is 9.73. The van der Waals surface area contributed by atoms with Crippen LogP contribution in [0.2, 0.25) is 4.34 Å². The van der Waals surface area contributed by atoms with E-state index in [-0.39, 0.29) is 17.7 Å². The monoisotopic (exact) mass is 531 g/mol. The SMILES string of the molecule is CCn1nnc2c(F)c([C@@H](c3cc(COCc4ccc(OC)cc4)c(Cl)s3)C(C)(C)C(=O)O)ccc21. The topological polar surface area (TPSA) is 86.5 Å². The van der Waals surface area contributed by atoms with Gasteiger partial charge in [-0.05, 0) is 56.2 Å². The molecule has 2 aromatic heterocycles. The van der Waals surface area contributed by atoms with Gasteiger partial charge >= 0.3 is 5.97 Å². The van der Waals surface area contributed by atoms with Crippen molar-refractivity contribution in [2.75, 3.05) is 7.11 Å². The minimum atomic E-state index is -1.33. The summed E-state index contributed by atoms with van der Waals surface area (Å²) in [6.07, 6.45) is 0. The predicted octanol–water partition coefficient (Wildman–Crippen LogP) is 6.27. The number of hydrogen-bond acceptors (Lipinski definition) is 6. The summed E-state index contributed by atoms with van der Waals surface area (Å²) >= 11 is 7.77. The van der Waals surface area contributed by atoms with Crippen LogP contribution in [0.1, 0.15) is 48.3 Å². The highest BCUT2D eigenvalue weighted by Gasteiger charge is 2.42. The van der Waals surface area contributed by atoms with Gasteiger partial charge in [0.05, 0.1) is 35.6 Å². The zero-order valence-corrected chi connectivity index (χ0v) is 22.0. The van der Waals surface area contributed by atoms with Crippen LogP contribution in [0.4, 0.5) is 4.39 Å². The molecule has 0 amide bonds. The zero-order valence-electron chi connectivity index (χ0n) is 20.4. The molecule has 0 aliphatic heterocycles. The Bertz CT molecular complexity index is 1380. The minimum Gasteiger partial charge on any atom is -0.497 e. The summed E-state index contributed by atoms with van der Waals surface area (Å²) in [7, 11) is 1.61. The number of ether oxygens (including phenoxy) is 2. The molecule has 2 aromatic carbocycles. The smallest absolute Gasteiger partial charge is 0.310 e. The Hall–Kier alpha value is -3.01. The molecule has 0 saturated heterocycles. The zero-order chi connectivity index (χ0) is 26.0. The number of nitrogens with zero attached hydrogens (tertiary/aromatic N) is 3. The van der Waals surface area contributed by atoms with E-state index in [1.165, 1.54) is 11.3 Å². The lowest BCUT2D eigenvalue weighted by molar-refractivity contribution is -0.147. The number of carboxylic acids is 1. The molecule has 0 saturated carbocycles. The molecule has 0 fully saturated rings. The van der Waals surface area contributed by atoms with Crippen LogP contribution >= 0.6 is 22.9 Å². The summed E-state index contributed by atoms with van der Waals surface area (Å²) in [4.78, 5) is 12.9. The standard InChI is InChI=1S/C26H27ClFN3O4S/c1-5-31-19-11-10-18(22(28)23(19)29-30-31)21(26(2,3)25(32)33)20-12-16(24(27)36-20)14-35-13-15-6-8-17(34-4)9-7-15/h6-12,21H,5,13-14H2,1-4H3,(H,32,33)/t21-/m0/s1. The van der Waals surface area contributed by atoms with Gasteiger partial charge in [0.25, 0.3) is 0 Å². The maximum absolute atomic E-state index is 15.7. The number of aromatic nitrogens is 3. The molecule has 4 rings (SSSR count). The van der Waals surface area contributed by atoms with Crippen molar-refractivity contribution in [3.8, 4) is 5.75 Å². The molecule has 36 heavy (non-hydrogen) atoms. The molecule has 4 aromatic rings. The Balaban J connectivity index is 1.65. The maximum atomic E-state index is 15.7. The van der Waals surface area contributed by atoms with Crippen molar-refractivity contribution in [2.24, 2.45) is 5.41 Å². The van der Waals surface area contributed by atoms with Gasteiger partial charge in [-0.3, -0.25) is 4.79 Å². The van der Waals surface area contributed by atoms with Gasteiger partial charge in [0, 0.05) is 22.9 Å². The molecule has 10 heteroatoms. The van der Waals surface area contributed by atoms with Crippen LogP contribution in [-0.4, -0.2) is 33.2 Å². The average Bonchev–Trinajstić information content (AvgIpc) is 3.44. The number of carboxylic acid groups (broad SMARTS) is 1. The highest BCUT2D eigenvalue weighted by atomic mass is 35.5. The van der Waals surface area contributed by atoms with Crippen molar-refractivity contribution in [3.05, 3.63) is 74.2 Å². The number of rotatable bonds is 10. The third-order valence-electron chi connectivity index (χ3n) is 6.29. The highest BCUT2D eigenvalue weighted by Crippen LogP contribution is 2.47. The summed E-state index contributed by atoms with van der Waals surface area (Å²) in [6, 6.07) is 12.7. The Morgan fingerprint density at radius 1 is 1.22 bits per heavy atom. The third-order valence-corrected chi connectivity index (χ3v) is 7.79. The van der Waals surface area contributed by atoms with E-state index in [2.05, 4.69) is 10.3 Å². The van der Waals surface area contributed by atoms with Gasteiger partial charge < -0.3 is 14.6 Å². The maximum Gasteiger partial charge on any atom is 0.310 e. The average molecular weight is 532 g/mol. The van der Waals surface area contributed by atoms with E-state index in [0.29, 0.717) is 27.9 Å². The number of carbonyl (C=O) groups is 1. The van der Waals surface area contributed by atoms with Crippen molar-refractivity contribution < 1.29 is 23.8 Å². The Labute approximate surface area is 217 Å². The normalized spacial score (nSPS) is 12.7. The molecule has 0 aliphatic rings. The predicted molar refractivity (Wildman–Crippen MR) is 137 cm³/mol. The Morgan fingerprint density at radius 3 is 2.58 bits per heavy atom. The summed E-state index contributed by atoms with van der Waals surface area (Å²) in [5.41, 5.74) is 1.28. The first-order valence-electron chi connectivity index (χ1n) is 11.4. The molecule has 0 bridgehead atoms. The molecule has 7 nitrogen and oxygen atoms in total. The molecule has 1 N–H and O–H groups in total. The van der Waals surface area contributed by atoms with Gasteiger partial charge in [0.2, 0.25) is 0 Å². The van der Waals surface area contributed by atoms with E-state index in [4.69, 9.17) is 21.1 Å². The summed E-state index contributed by atoms with van der Waals surface area (Å²) in [5, 5.41) is 18.0. The first kappa shape index (κ1) is 26.1. The fraction of sp³-hybridized carbons (Fsp3) is 0.346. The number of hydrogen-bond donors (Lipinski definition) is 1.